The third-order valence-corrected chi connectivity index (χ3v) is 7.07. The lowest BCUT2D eigenvalue weighted by molar-refractivity contribution is 0.0592. The predicted molar refractivity (Wildman–Crippen MR) is 129 cm³/mol. The van der Waals surface area contributed by atoms with E-state index in [9.17, 15) is 9.18 Å². The quantitative estimate of drug-likeness (QED) is 0.264. The number of nitrogens with zero attached hydrogens (tertiary/aromatic N) is 7. The van der Waals surface area contributed by atoms with Crippen molar-refractivity contribution in [3.63, 3.8) is 0 Å². The molecule has 4 aromatic rings. The summed E-state index contributed by atoms with van der Waals surface area (Å²) in [5, 5.41) is 9.00. The number of aromatic nitrogens is 6. The molecule has 0 aromatic carbocycles. The summed E-state index contributed by atoms with van der Waals surface area (Å²) in [6.45, 7) is 7.75. The Morgan fingerprint density at radius 1 is 1.19 bits per heavy atom. The molecule has 1 saturated heterocycles. The topological polar surface area (TPSA) is 121 Å². The zero-order valence-electron chi connectivity index (χ0n) is 20.3. The number of methoxy groups -OCH3 is 1. The van der Waals surface area contributed by atoms with E-state index in [4.69, 9.17) is 9.26 Å². The molecule has 11 nitrogen and oxygen atoms in total. The first-order valence-electron chi connectivity index (χ1n) is 11.7. The maximum absolute atomic E-state index is 14.5. The predicted octanol–water partition coefficient (Wildman–Crippen LogP) is 3.97. The van der Waals surface area contributed by atoms with Crippen molar-refractivity contribution >= 4 is 28.3 Å². The first kappa shape index (κ1) is 24.1. The fourth-order valence-electron chi connectivity index (χ4n) is 4.11. The summed E-state index contributed by atoms with van der Waals surface area (Å²) < 4.78 is 32.2. The summed E-state index contributed by atoms with van der Waals surface area (Å²) in [5.41, 5.74) is 0.430. The first-order chi connectivity index (χ1) is 17.3. The van der Waals surface area contributed by atoms with Crippen molar-refractivity contribution in [1.82, 2.24) is 29.7 Å². The zero-order chi connectivity index (χ0) is 25.4. The van der Waals surface area contributed by atoms with E-state index < -0.39 is 11.9 Å². The number of hydrogen-bond acceptors (Lipinski definition) is 11. The molecule has 0 amide bonds. The van der Waals surface area contributed by atoms with Crippen LogP contribution in [-0.4, -0.2) is 62.0 Å². The van der Waals surface area contributed by atoms with Gasteiger partial charge in [0.1, 0.15) is 6.10 Å². The zero-order valence-corrected chi connectivity index (χ0v) is 21.2. The molecule has 1 atom stereocenters. The number of fused-ring (bicyclic) bond motifs is 1. The number of halogens is 1. The van der Waals surface area contributed by atoms with Gasteiger partial charge in [0.15, 0.2) is 11.5 Å². The Kier molecular flexibility index (Phi) is 6.56. The second-order valence-corrected chi connectivity index (χ2v) is 9.90. The van der Waals surface area contributed by atoms with E-state index in [2.05, 4.69) is 34.8 Å². The highest BCUT2D eigenvalue weighted by molar-refractivity contribution is 7.18. The molecule has 36 heavy (non-hydrogen) atoms. The van der Waals surface area contributed by atoms with Gasteiger partial charge in [-0.25, -0.2) is 19.3 Å². The molecular weight excluding hydrogens is 489 g/mol. The van der Waals surface area contributed by atoms with Gasteiger partial charge in [0.05, 0.1) is 24.6 Å². The Morgan fingerprint density at radius 2 is 1.97 bits per heavy atom. The normalized spacial score (nSPS) is 15.6. The average Bonchev–Trinajstić information content (AvgIpc) is 3.59. The fourth-order valence-corrected chi connectivity index (χ4v) is 4.92. The van der Waals surface area contributed by atoms with Gasteiger partial charge >= 0.3 is 12.0 Å². The molecule has 0 unspecified atom stereocenters. The number of hydrogen-bond donors (Lipinski definition) is 0. The second kappa shape index (κ2) is 9.80. The smallest absolute Gasteiger partial charge is 0.356 e. The van der Waals surface area contributed by atoms with Crippen LogP contribution in [0.3, 0.4) is 0 Å². The third-order valence-electron chi connectivity index (χ3n) is 6.25. The number of ether oxygens (including phenoxy) is 2. The molecule has 13 heteroatoms. The minimum atomic E-state index is -0.805. The van der Waals surface area contributed by atoms with Gasteiger partial charge in [-0.3, -0.25) is 0 Å². The lowest BCUT2D eigenvalue weighted by atomic mass is 9.92. The Labute approximate surface area is 210 Å². The summed E-state index contributed by atoms with van der Waals surface area (Å²) >= 11 is 1.28. The van der Waals surface area contributed by atoms with Crippen molar-refractivity contribution in [2.24, 2.45) is 5.92 Å². The van der Waals surface area contributed by atoms with Crippen LogP contribution in [0.15, 0.2) is 22.9 Å². The second-order valence-electron chi connectivity index (χ2n) is 8.98. The first-order valence-corrected chi connectivity index (χ1v) is 12.5. The number of carbonyl (C=O) groups excluding carboxylic acids is 1. The third kappa shape index (κ3) is 4.74. The van der Waals surface area contributed by atoms with Crippen molar-refractivity contribution in [1.29, 1.82) is 0 Å². The summed E-state index contributed by atoms with van der Waals surface area (Å²) in [6.07, 6.45) is 3.43. The van der Waals surface area contributed by atoms with Crippen molar-refractivity contribution < 1.29 is 23.2 Å². The van der Waals surface area contributed by atoms with Crippen LogP contribution in [0, 0.1) is 11.9 Å². The number of pyridine rings is 1. The van der Waals surface area contributed by atoms with Crippen molar-refractivity contribution in [2.75, 3.05) is 25.1 Å². The van der Waals surface area contributed by atoms with Crippen LogP contribution in [0.1, 0.15) is 55.8 Å². The van der Waals surface area contributed by atoms with Crippen LogP contribution < -0.4 is 9.64 Å². The van der Waals surface area contributed by atoms with Gasteiger partial charge in [-0.15, -0.1) is 5.10 Å². The van der Waals surface area contributed by atoms with E-state index in [1.54, 1.807) is 10.7 Å². The summed E-state index contributed by atoms with van der Waals surface area (Å²) in [5.74, 6) is -0.204. The van der Waals surface area contributed by atoms with Gasteiger partial charge in [-0.2, -0.15) is 9.37 Å². The number of piperidine rings is 1. The van der Waals surface area contributed by atoms with E-state index in [-0.39, 0.29) is 23.3 Å². The highest BCUT2D eigenvalue weighted by atomic mass is 32.1. The van der Waals surface area contributed by atoms with Gasteiger partial charge in [0.2, 0.25) is 10.9 Å². The molecule has 5 rings (SSSR count). The van der Waals surface area contributed by atoms with Crippen LogP contribution in [0.4, 0.5) is 10.4 Å². The van der Waals surface area contributed by atoms with Gasteiger partial charge in [0, 0.05) is 19.0 Å². The van der Waals surface area contributed by atoms with Gasteiger partial charge in [-0.05, 0) is 49.2 Å². The number of esters is 1. The van der Waals surface area contributed by atoms with Crippen molar-refractivity contribution in [2.45, 2.75) is 45.6 Å². The summed E-state index contributed by atoms with van der Waals surface area (Å²) in [6, 6.07) is 3.42. The number of rotatable bonds is 7. The van der Waals surface area contributed by atoms with Crippen LogP contribution in [-0.2, 0) is 4.74 Å². The molecule has 0 N–H and O–H groups in total. The highest BCUT2D eigenvalue weighted by Gasteiger charge is 2.28. The monoisotopic (exact) mass is 515 g/mol. The molecule has 5 heterocycles. The lowest BCUT2D eigenvalue weighted by Crippen LogP contribution is -2.38. The number of anilines is 1. The summed E-state index contributed by atoms with van der Waals surface area (Å²) in [7, 11) is 1.22. The van der Waals surface area contributed by atoms with E-state index in [1.807, 2.05) is 20.8 Å². The van der Waals surface area contributed by atoms with Crippen molar-refractivity contribution in [3.8, 4) is 16.5 Å². The molecule has 1 aliphatic heterocycles. The fraction of sp³-hybridized carbons (Fsp3) is 0.478. The Bertz CT molecular complexity index is 1340. The molecule has 0 spiro atoms. The maximum Gasteiger partial charge on any atom is 0.356 e. The molecule has 190 valence electrons. The van der Waals surface area contributed by atoms with Gasteiger partial charge in [-0.1, -0.05) is 19.0 Å². The largest absolute Gasteiger partial charge is 0.466 e. The lowest BCUT2D eigenvalue weighted by Gasteiger charge is -2.33. The Hall–Kier alpha value is -3.61. The van der Waals surface area contributed by atoms with E-state index >= 15 is 0 Å². The Morgan fingerprint density at radius 3 is 2.61 bits per heavy atom. The highest BCUT2D eigenvalue weighted by Crippen LogP contribution is 2.31. The van der Waals surface area contributed by atoms with E-state index in [0.29, 0.717) is 27.8 Å². The minimum absolute atomic E-state index is 0.0381. The number of imidazole rings is 1. The average molecular weight is 516 g/mol. The van der Waals surface area contributed by atoms with Crippen LogP contribution in [0.2, 0.25) is 0 Å². The summed E-state index contributed by atoms with van der Waals surface area (Å²) in [4.78, 5) is 26.8. The molecule has 4 aromatic heterocycles. The van der Waals surface area contributed by atoms with Crippen molar-refractivity contribution in [3.05, 3.63) is 35.8 Å². The van der Waals surface area contributed by atoms with Gasteiger partial charge < -0.3 is 18.9 Å². The van der Waals surface area contributed by atoms with E-state index in [0.717, 1.165) is 31.8 Å². The molecule has 1 aliphatic rings. The SMILES string of the molecule is COC(=O)c1ccc(-c2cn3nc(O[C@H](C)C4CCN(c5nc(C(C)C)no5)CC4)sc3n2)c(F)n1. The van der Waals surface area contributed by atoms with E-state index in [1.165, 1.54) is 30.6 Å². The standard InChI is InChI=1S/C23H26FN7O4S/c1-12(2)19-27-21(35-29-19)30-9-7-14(8-10-30)13(3)34-23-28-31-11-17(26-22(31)36-23)15-5-6-16(20(32)33-4)25-18(15)24/h5-6,11-14H,7-10H2,1-4H3/t13-/m1/s1. The van der Waals surface area contributed by atoms with Crippen LogP contribution in [0.5, 0.6) is 5.19 Å². The van der Waals surface area contributed by atoms with Crippen LogP contribution >= 0.6 is 11.3 Å². The molecule has 0 bridgehead atoms. The molecule has 0 aliphatic carbocycles. The molecule has 0 saturated carbocycles. The Balaban J connectivity index is 1.21. The van der Waals surface area contributed by atoms with Gasteiger partial charge in [0.25, 0.3) is 5.19 Å². The van der Waals surface area contributed by atoms with Crippen LogP contribution in [0.25, 0.3) is 16.2 Å². The minimum Gasteiger partial charge on any atom is -0.466 e. The number of carbonyl (C=O) groups is 1. The molecule has 0 radical (unpaired) electrons. The molecule has 1 fully saturated rings. The maximum atomic E-state index is 14.5. The molecular formula is C23H26FN7O4S.